The normalized spacial score (nSPS) is 12.7. The van der Waals surface area contributed by atoms with Crippen molar-refractivity contribution in [1.82, 2.24) is 9.97 Å². The van der Waals surface area contributed by atoms with Gasteiger partial charge >= 0.3 is 0 Å². The molecule has 21 heavy (non-hydrogen) atoms. The molecule has 0 spiro atoms. The summed E-state index contributed by atoms with van der Waals surface area (Å²) in [5.74, 6) is 3.65. The Morgan fingerprint density at radius 1 is 1.24 bits per heavy atom. The average Bonchev–Trinajstić information content (AvgIpc) is 2.84. The Morgan fingerprint density at radius 3 is 2.57 bits per heavy atom. The molecule has 0 saturated heterocycles. The third kappa shape index (κ3) is 4.04. The molecule has 0 radical (unpaired) electrons. The number of hydrogen-bond acceptors (Lipinski definition) is 5. The summed E-state index contributed by atoms with van der Waals surface area (Å²) in [6.07, 6.45) is 0. The first-order valence-electron chi connectivity index (χ1n) is 7.17. The minimum atomic E-state index is -0.0713. The Morgan fingerprint density at radius 2 is 2.00 bits per heavy atom. The fourth-order valence-electron chi connectivity index (χ4n) is 2.10. The lowest BCUT2D eigenvalue weighted by Gasteiger charge is -2.17. The standard InChI is InChI=1S/C16H23N3O2/c1-10(2)16-17-11(3)8-15(19-16)18-13(9-20-5)14-7-6-12(4)21-14/h6-8,10,13H,9H2,1-5H3,(H,17,18,19). The summed E-state index contributed by atoms with van der Waals surface area (Å²) in [6, 6.07) is 5.77. The highest BCUT2D eigenvalue weighted by atomic mass is 16.5. The van der Waals surface area contributed by atoms with E-state index in [2.05, 4.69) is 29.1 Å². The summed E-state index contributed by atoms with van der Waals surface area (Å²) in [6.45, 7) is 8.58. The molecule has 114 valence electrons. The van der Waals surface area contributed by atoms with Gasteiger partial charge in [0.2, 0.25) is 0 Å². The summed E-state index contributed by atoms with van der Waals surface area (Å²) >= 11 is 0. The van der Waals surface area contributed by atoms with E-state index in [-0.39, 0.29) is 12.0 Å². The zero-order chi connectivity index (χ0) is 15.4. The molecule has 2 rings (SSSR count). The Kier molecular flexibility index (Phi) is 4.96. The second kappa shape index (κ2) is 6.72. The van der Waals surface area contributed by atoms with E-state index in [0.717, 1.165) is 28.9 Å². The number of ether oxygens (including phenoxy) is 1. The Balaban J connectivity index is 2.24. The molecule has 0 saturated carbocycles. The first kappa shape index (κ1) is 15.5. The fraction of sp³-hybridized carbons (Fsp3) is 0.500. The molecule has 1 unspecified atom stereocenters. The number of nitrogens with zero attached hydrogens (tertiary/aromatic N) is 2. The number of methoxy groups -OCH3 is 1. The van der Waals surface area contributed by atoms with Gasteiger partial charge in [0.05, 0.1) is 6.61 Å². The van der Waals surface area contributed by atoms with Gasteiger partial charge in [-0.15, -0.1) is 0 Å². The van der Waals surface area contributed by atoms with Crippen molar-refractivity contribution < 1.29 is 9.15 Å². The molecule has 5 nitrogen and oxygen atoms in total. The lowest BCUT2D eigenvalue weighted by molar-refractivity contribution is 0.178. The van der Waals surface area contributed by atoms with Gasteiger partial charge in [-0.2, -0.15) is 0 Å². The van der Waals surface area contributed by atoms with Crippen LogP contribution in [0.3, 0.4) is 0 Å². The minimum Gasteiger partial charge on any atom is -0.464 e. The molecular formula is C16H23N3O2. The molecule has 0 fully saturated rings. The zero-order valence-corrected chi connectivity index (χ0v) is 13.3. The predicted molar refractivity (Wildman–Crippen MR) is 82.5 cm³/mol. The molecule has 5 heteroatoms. The molecular weight excluding hydrogens is 266 g/mol. The van der Waals surface area contributed by atoms with Crippen LogP contribution in [0.4, 0.5) is 5.82 Å². The van der Waals surface area contributed by atoms with E-state index in [4.69, 9.17) is 9.15 Å². The van der Waals surface area contributed by atoms with Crippen molar-refractivity contribution in [3.05, 3.63) is 41.2 Å². The largest absolute Gasteiger partial charge is 0.464 e. The van der Waals surface area contributed by atoms with Gasteiger partial charge in [-0.1, -0.05) is 13.8 Å². The van der Waals surface area contributed by atoms with Gasteiger partial charge < -0.3 is 14.5 Å². The highest BCUT2D eigenvalue weighted by molar-refractivity contribution is 5.38. The first-order valence-corrected chi connectivity index (χ1v) is 7.17. The summed E-state index contributed by atoms with van der Waals surface area (Å²) in [5, 5.41) is 3.38. The highest BCUT2D eigenvalue weighted by Crippen LogP contribution is 2.22. The van der Waals surface area contributed by atoms with Crippen molar-refractivity contribution in [1.29, 1.82) is 0 Å². The molecule has 1 N–H and O–H groups in total. The van der Waals surface area contributed by atoms with Crippen LogP contribution in [-0.2, 0) is 4.74 Å². The summed E-state index contributed by atoms with van der Waals surface area (Å²) in [7, 11) is 1.68. The summed E-state index contributed by atoms with van der Waals surface area (Å²) in [5.41, 5.74) is 0.947. The average molecular weight is 289 g/mol. The lowest BCUT2D eigenvalue weighted by atomic mass is 10.2. The number of anilines is 1. The van der Waals surface area contributed by atoms with Gasteiger partial charge in [0.25, 0.3) is 0 Å². The summed E-state index contributed by atoms with van der Waals surface area (Å²) < 4.78 is 11.0. The van der Waals surface area contributed by atoms with Crippen LogP contribution in [0.2, 0.25) is 0 Å². The van der Waals surface area contributed by atoms with Crippen molar-refractivity contribution in [3.63, 3.8) is 0 Å². The molecule has 0 aliphatic rings. The first-order chi connectivity index (χ1) is 9.99. The second-order valence-electron chi connectivity index (χ2n) is 5.51. The molecule has 0 bridgehead atoms. The van der Waals surface area contributed by atoms with Crippen LogP contribution in [-0.4, -0.2) is 23.7 Å². The lowest BCUT2D eigenvalue weighted by Crippen LogP contribution is -2.17. The molecule has 0 aliphatic carbocycles. The molecule has 2 aromatic rings. The quantitative estimate of drug-likeness (QED) is 0.880. The fourth-order valence-corrected chi connectivity index (χ4v) is 2.10. The van der Waals surface area contributed by atoms with E-state index in [9.17, 15) is 0 Å². The van der Waals surface area contributed by atoms with Crippen LogP contribution in [0, 0.1) is 13.8 Å². The van der Waals surface area contributed by atoms with Crippen molar-refractivity contribution >= 4 is 5.82 Å². The maximum atomic E-state index is 5.69. The van der Waals surface area contributed by atoms with Crippen molar-refractivity contribution in [3.8, 4) is 0 Å². The Hall–Kier alpha value is -1.88. The number of aromatic nitrogens is 2. The van der Waals surface area contributed by atoms with Crippen molar-refractivity contribution in [2.24, 2.45) is 0 Å². The number of hydrogen-bond donors (Lipinski definition) is 1. The van der Waals surface area contributed by atoms with Gasteiger partial charge in [0.15, 0.2) is 0 Å². The van der Waals surface area contributed by atoms with Gasteiger partial charge in [0, 0.05) is 24.8 Å². The van der Waals surface area contributed by atoms with E-state index in [0.29, 0.717) is 6.61 Å². The van der Waals surface area contributed by atoms with Crippen molar-refractivity contribution in [2.75, 3.05) is 19.0 Å². The number of rotatable bonds is 6. The molecule has 2 heterocycles. The molecule has 0 amide bonds. The van der Waals surface area contributed by atoms with Crippen LogP contribution >= 0.6 is 0 Å². The predicted octanol–water partition coefficient (Wildman–Crippen LogP) is 3.61. The Labute approximate surface area is 125 Å². The topological polar surface area (TPSA) is 60.2 Å². The monoisotopic (exact) mass is 289 g/mol. The van der Waals surface area contributed by atoms with E-state index < -0.39 is 0 Å². The van der Waals surface area contributed by atoms with E-state index >= 15 is 0 Å². The smallest absolute Gasteiger partial charge is 0.133 e. The van der Waals surface area contributed by atoms with Crippen LogP contribution in [0.5, 0.6) is 0 Å². The van der Waals surface area contributed by atoms with Crippen molar-refractivity contribution in [2.45, 2.75) is 39.7 Å². The SMILES string of the molecule is COCC(Nc1cc(C)nc(C(C)C)n1)c1ccc(C)o1. The van der Waals surface area contributed by atoms with Gasteiger partial charge in [-0.25, -0.2) is 9.97 Å². The van der Waals surface area contributed by atoms with Gasteiger partial charge in [-0.3, -0.25) is 0 Å². The zero-order valence-electron chi connectivity index (χ0n) is 13.3. The van der Waals surface area contributed by atoms with Crippen LogP contribution in [0.15, 0.2) is 22.6 Å². The van der Waals surface area contributed by atoms with E-state index in [1.54, 1.807) is 7.11 Å². The maximum Gasteiger partial charge on any atom is 0.133 e. The van der Waals surface area contributed by atoms with Crippen LogP contribution < -0.4 is 5.32 Å². The third-order valence-corrected chi connectivity index (χ3v) is 3.15. The van der Waals surface area contributed by atoms with Gasteiger partial charge in [-0.05, 0) is 26.0 Å². The van der Waals surface area contributed by atoms with Gasteiger partial charge in [0.1, 0.15) is 29.2 Å². The molecule has 1 atom stereocenters. The number of aryl methyl sites for hydroxylation is 2. The number of furan rings is 1. The Bertz CT molecular complexity index is 593. The summed E-state index contributed by atoms with van der Waals surface area (Å²) in [4.78, 5) is 9.03. The second-order valence-corrected chi connectivity index (χ2v) is 5.51. The van der Waals surface area contributed by atoms with E-state index in [1.165, 1.54) is 0 Å². The molecule has 0 aliphatic heterocycles. The number of nitrogens with one attached hydrogen (secondary N) is 1. The molecule has 2 aromatic heterocycles. The maximum absolute atomic E-state index is 5.69. The van der Waals surface area contributed by atoms with E-state index in [1.807, 2.05) is 32.0 Å². The third-order valence-electron chi connectivity index (χ3n) is 3.15. The molecule has 0 aromatic carbocycles. The minimum absolute atomic E-state index is 0.0713. The van der Waals surface area contributed by atoms with Crippen LogP contribution in [0.1, 0.15) is 48.8 Å². The highest BCUT2D eigenvalue weighted by Gasteiger charge is 2.16. The van der Waals surface area contributed by atoms with Crippen LogP contribution in [0.25, 0.3) is 0 Å².